The molecule has 1 aromatic carbocycles. The second-order valence-electron chi connectivity index (χ2n) is 6.02. The molecule has 0 atom stereocenters. The van der Waals surface area contributed by atoms with Gasteiger partial charge in [0.25, 0.3) is 5.82 Å². The van der Waals surface area contributed by atoms with Gasteiger partial charge in [-0.05, 0) is 24.3 Å². The first-order valence-electron chi connectivity index (χ1n) is 7.85. The molecular formula is C15H13F3N6O2S. The molecule has 8 nitrogen and oxygen atoms in total. The summed E-state index contributed by atoms with van der Waals surface area (Å²) in [6.07, 6.45) is -4.69. The molecule has 0 bridgehead atoms. The summed E-state index contributed by atoms with van der Waals surface area (Å²) in [6, 6.07) is 11.3. The van der Waals surface area contributed by atoms with E-state index in [9.17, 15) is 21.6 Å². The van der Waals surface area contributed by atoms with Gasteiger partial charge in [-0.3, -0.25) is 4.72 Å². The average Bonchev–Trinajstić information content (AvgIpc) is 2.97. The number of para-hydroxylation sites is 1. The predicted octanol–water partition coefficient (Wildman–Crippen LogP) is 1.77. The number of fused-ring (bicyclic) bond motifs is 1. The Bertz CT molecular complexity index is 1080. The largest absolute Gasteiger partial charge is 0.453 e. The number of hydrogen-bond acceptors (Lipinski definition) is 6. The maximum absolute atomic E-state index is 12.9. The normalized spacial score (nSPS) is 15.7. The van der Waals surface area contributed by atoms with E-state index in [0.717, 1.165) is 0 Å². The lowest BCUT2D eigenvalue weighted by atomic mass is 10.2. The maximum Gasteiger partial charge on any atom is 0.453 e. The standard InChI is InChI=1S/C15H13F3N6O2S/c16-15(17,18)14-20-19-12-6-7-13(21-24(12)14)23-8-11(9-23)27(25,26)22-10-4-2-1-3-5-10/h1-7,11,22H,8-9H2. The minimum atomic E-state index is -4.69. The summed E-state index contributed by atoms with van der Waals surface area (Å²) in [6.45, 7) is 0.230. The quantitative estimate of drug-likeness (QED) is 0.720. The molecule has 27 heavy (non-hydrogen) atoms. The van der Waals surface area contributed by atoms with Gasteiger partial charge >= 0.3 is 6.18 Å². The molecule has 1 fully saturated rings. The molecule has 12 heteroatoms. The van der Waals surface area contributed by atoms with E-state index in [4.69, 9.17) is 0 Å². The topological polar surface area (TPSA) is 92.5 Å². The highest BCUT2D eigenvalue weighted by Gasteiger charge is 2.40. The van der Waals surface area contributed by atoms with Gasteiger partial charge in [0.2, 0.25) is 10.0 Å². The van der Waals surface area contributed by atoms with E-state index in [-0.39, 0.29) is 24.6 Å². The molecule has 0 spiro atoms. The zero-order valence-corrected chi connectivity index (χ0v) is 14.4. The van der Waals surface area contributed by atoms with Crippen LogP contribution in [0.3, 0.4) is 0 Å². The van der Waals surface area contributed by atoms with Crippen LogP contribution in [-0.4, -0.2) is 46.6 Å². The lowest BCUT2D eigenvalue weighted by molar-refractivity contribution is -0.146. The third-order valence-electron chi connectivity index (χ3n) is 4.15. The number of aromatic nitrogens is 4. The first-order chi connectivity index (χ1) is 12.7. The van der Waals surface area contributed by atoms with Crippen molar-refractivity contribution < 1.29 is 21.6 Å². The minimum Gasteiger partial charge on any atom is -0.352 e. The fraction of sp³-hybridized carbons (Fsp3) is 0.267. The Hall–Kier alpha value is -2.89. The second kappa shape index (κ2) is 6.08. The van der Waals surface area contributed by atoms with Crippen molar-refractivity contribution in [3.05, 3.63) is 48.3 Å². The monoisotopic (exact) mass is 398 g/mol. The van der Waals surface area contributed by atoms with Crippen molar-refractivity contribution in [3.8, 4) is 0 Å². The molecule has 0 unspecified atom stereocenters. The molecule has 3 heterocycles. The third-order valence-corrected chi connectivity index (χ3v) is 5.84. The fourth-order valence-electron chi connectivity index (χ4n) is 2.70. The van der Waals surface area contributed by atoms with Crippen LogP contribution in [-0.2, 0) is 16.2 Å². The number of benzene rings is 1. The van der Waals surface area contributed by atoms with Crippen LogP contribution >= 0.6 is 0 Å². The Morgan fingerprint density at radius 2 is 1.74 bits per heavy atom. The number of alkyl halides is 3. The Morgan fingerprint density at radius 3 is 2.41 bits per heavy atom. The van der Waals surface area contributed by atoms with Crippen LogP contribution in [0, 0.1) is 0 Å². The molecule has 4 rings (SSSR count). The first kappa shape index (κ1) is 17.5. The Morgan fingerprint density at radius 1 is 1.04 bits per heavy atom. The van der Waals surface area contributed by atoms with E-state index < -0.39 is 27.3 Å². The highest BCUT2D eigenvalue weighted by Crippen LogP contribution is 2.29. The van der Waals surface area contributed by atoms with E-state index >= 15 is 0 Å². The number of rotatable bonds is 4. The van der Waals surface area contributed by atoms with Crippen LogP contribution in [0.1, 0.15) is 5.82 Å². The van der Waals surface area contributed by atoms with Crippen LogP contribution < -0.4 is 9.62 Å². The lowest BCUT2D eigenvalue weighted by Crippen LogP contribution is -2.56. The molecule has 0 radical (unpaired) electrons. The number of anilines is 2. The number of hydrogen-bond donors (Lipinski definition) is 1. The van der Waals surface area contributed by atoms with Gasteiger partial charge in [0, 0.05) is 18.8 Å². The van der Waals surface area contributed by atoms with Gasteiger partial charge in [-0.15, -0.1) is 15.3 Å². The average molecular weight is 398 g/mol. The van der Waals surface area contributed by atoms with Gasteiger partial charge in [0.15, 0.2) is 5.65 Å². The Labute approximate surface area is 151 Å². The van der Waals surface area contributed by atoms with E-state index in [1.54, 1.807) is 35.2 Å². The third kappa shape index (κ3) is 3.27. The summed E-state index contributed by atoms with van der Waals surface area (Å²) in [5, 5.41) is 9.76. The highest BCUT2D eigenvalue weighted by atomic mass is 32.2. The molecule has 1 aliphatic heterocycles. The smallest absolute Gasteiger partial charge is 0.352 e. The minimum absolute atomic E-state index is 0.0403. The Kier molecular flexibility index (Phi) is 3.94. The van der Waals surface area contributed by atoms with Gasteiger partial charge in [0.05, 0.1) is 0 Å². The Balaban J connectivity index is 1.51. The summed E-state index contributed by atoms with van der Waals surface area (Å²) in [7, 11) is -3.61. The van der Waals surface area contributed by atoms with Gasteiger partial charge in [-0.25, -0.2) is 8.42 Å². The zero-order chi connectivity index (χ0) is 19.2. The predicted molar refractivity (Wildman–Crippen MR) is 90.8 cm³/mol. The van der Waals surface area contributed by atoms with Crippen molar-refractivity contribution in [2.45, 2.75) is 11.4 Å². The van der Waals surface area contributed by atoms with Gasteiger partial charge in [0.1, 0.15) is 11.1 Å². The SMILES string of the molecule is O=S(=O)(Nc1ccccc1)C1CN(c2ccc3nnc(C(F)(F)F)n3n2)C1. The molecule has 142 valence electrons. The fourth-order valence-corrected chi connectivity index (χ4v) is 4.08. The van der Waals surface area contributed by atoms with Crippen molar-refractivity contribution in [2.75, 3.05) is 22.7 Å². The number of nitrogens with zero attached hydrogens (tertiary/aromatic N) is 5. The van der Waals surface area contributed by atoms with E-state index in [1.165, 1.54) is 12.1 Å². The molecule has 1 saturated heterocycles. The maximum atomic E-state index is 12.9. The van der Waals surface area contributed by atoms with Crippen LogP contribution in [0.4, 0.5) is 24.7 Å². The zero-order valence-electron chi connectivity index (χ0n) is 13.6. The molecule has 1 N–H and O–H groups in total. The van der Waals surface area contributed by atoms with Crippen molar-refractivity contribution in [2.24, 2.45) is 0 Å². The molecule has 0 aliphatic carbocycles. The van der Waals surface area contributed by atoms with Crippen molar-refractivity contribution in [3.63, 3.8) is 0 Å². The molecule has 0 saturated carbocycles. The van der Waals surface area contributed by atoms with E-state index in [2.05, 4.69) is 20.0 Å². The van der Waals surface area contributed by atoms with Gasteiger partial charge in [-0.2, -0.15) is 17.7 Å². The lowest BCUT2D eigenvalue weighted by Gasteiger charge is -2.39. The van der Waals surface area contributed by atoms with Gasteiger partial charge < -0.3 is 4.90 Å². The summed E-state index contributed by atoms with van der Waals surface area (Å²) in [5.41, 5.74) is 0.413. The number of nitrogens with one attached hydrogen (secondary N) is 1. The highest BCUT2D eigenvalue weighted by molar-refractivity contribution is 7.93. The summed E-state index contributed by atoms with van der Waals surface area (Å²) >= 11 is 0. The van der Waals surface area contributed by atoms with Crippen LogP contribution in [0.15, 0.2) is 42.5 Å². The van der Waals surface area contributed by atoms with Crippen molar-refractivity contribution in [1.29, 1.82) is 0 Å². The van der Waals surface area contributed by atoms with E-state index in [1.807, 2.05) is 0 Å². The molecule has 2 aromatic heterocycles. The van der Waals surface area contributed by atoms with Crippen LogP contribution in [0.25, 0.3) is 5.65 Å². The van der Waals surface area contributed by atoms with Crippen molar-refractivity contribution in [1.82, 2.24) is 19.8 Å². The summed E-state index contributed by atoms with van der Waals surface area (Å²) in [4.78, 5) is 1.58. The molecule has 0 amide bonds. The van der Waals surface area contributed by atoms with E-state index in [0.29, 0.717) is 10.2 Å². The molecule has 1 aliphatic rings. The molecule has 3 aromatic rings. The molecular weight excluding hydrogens is 385 g/mol. The summed E-state index contributed by atoms with van der Waals surface area (Å²) in [5.74, 6) is -1.01. The second-order valence-corrected chi connectivity index (χ2v) is 7.98. The van der Waals surface area contributed by atoms with Crippen LogP contribution in [0.5, 0.6) is 0 Å². The summed E-state index contributed by atoms with van der Waals surface area (Å²) < 4.78 is 66.7. The van der Waals surface area contributed by atoms with Gasteiger partial charge in [-0.1, -0.05) is 18.2 Å². The first-order valence-corrected chi connectivity index (χ1v) is 9.40. The number of sulfonamides is 1. The van der Waals surface area contributed by atoms with Crippen LogP contribution in [0.2, 0.25) is 0 Å². The number of halogens is 3. The van der Waals surface area contributed by atoms with Crippen molar-refractivity contribution >= 4 is 27.2 Å².